The van der Waals surface area contributed by atoms with Gasteiger partial charge in [0.2, 0.25) is 5.88 Å². The monoisotopic (exact) mass is 444 g/mol. The predicted octanol–water partition coefficient (Wildman–Crippen LogP) is 6.92. The van der Waals surface area contributed by atoms with Gasteiger partial charge in [-0.25, -0.2) is 9.37 Å². The number of nitrogens with two attached hydrogens (primary N) is 2. The van der Waals surface area contributed by atoms with Crippen LogP contribution in [0.1, 0.15) is 0 Å². The van der Waals surface area contributed by atoms with E-state index in [1.807, 2.05) is 65.6 Å². The first-order valence-corrected chi connectivity index (χ1v) is 10.2. The molecule has 5 aromatic rings. The zero-order valence-corrected chi connectivity index (χ0v) is 17.6. The number of furan rings is 1. The first-order chi connectivity index (χ1) is 15.5. The van der Waals surface area contributed by atoms with Gasteiger partial charge in [0.1, 0.15) is 11.5 Å². The molecule has 0 atom stereocenters. The lowest BCUT2D eigenvalue weighted by Gasteiger charge is -2.24. The fourth-order valence-corrected chi connectivity index (χ4v) is 3.91. The van der Waals surface area contributed by atoms with Crippen LogP contribution in [0.25, 0.3) is 22.1 Å². The van der Waals surface area contributed by atoms with E-state index >= 15 is 0 Å². The fourth-order valence-electron chi connectivity index (χ4n) is 3.72. The summed E-state index contributed by atoms with van der Waals surface area (Å²) in [4.78, 5) is 6.69. The van der Waals surface area contributed by atoms with Crippen molar-refractivity contribution in [3.63, 3.8) is 0 Å². The summed E-state index contributed by atoms with van der Waals surface area (Å²) in [7, 11) is 0. The van der Waals surface area contributed by atoms with Crippen LogP contribution in [-0.4, -0.2) is 4.98 Å². The van der Waals surface area contributed by atoms with Crippen molar-refractivity contribution in [1.82, 2.24) is 4.98 Å². The molecule has 0 saturated carbocycles. The number of fused-ring (bicyclic) bond motifs is 1. The average molecular weight is 445 g/mol. The molecular formula is C25H18ClFN4O. The Bertz CT molecular complexity index is 1380. The molecule has 0 aliphatic heterocycles. The second-order valence-corrected chi connectivity index (χ2v) is 7.62. The number of rotatable bonds is 4. The van der Waals surface area contributed by atoms with Crippen LogP contribution in [0.5, 0.6) is 0 Å². The summed E-state index contributed by atoms with van der Waals surface area (Å²) in [5.74, 6) is 0.109. The Morgan fingerprint density at radius 3 is 2.09 bits per heavy atom. The molecule has 0 aliphatic rings. The van der Waals surface area contributed by atoms with Crippen LogP contribution < -0.4 is 16.4 Å². The van der Waals surface area contributed by atoms with E-state index in [9.17, 15) is 4.39 Å². The number of para-hydroxylation sites is 2. The average Bonchev–Trinajstić information content (AvgIpc) is 3.12. The Morgan fingerprint density at radius 2 is 1.50 bits per heavy atom. The predicted molar refractivity (Wildman–Crippen MR) is 128 cm³/mol. The van der Waals surface area contributed by atoms with Gasteiger partial charge in [0.15, 0.2) is 11.4 Å². The van der Waals surface area contributed by atoms with E-state index in [2.05, 4.69) is 0 Å². The van der Waals surface area contributed by atoms with Crippen molar-refractivity contribution in [1.29, 1.82) is 0 Å². The Kier molecular flexibility index (Phi) is 4.92. The Labute approximate surface area is 188 Å². The van der Waals surface area contributed by atoms with Gasteiger partial charge < -0.3 is 15.9 Å². The molecule has 0 amide bonds. The van der Waals surface area contributed by atoms with Crippen molar-refractivity contribution in [2.45, 2.75) is 0 Å². The number of nitrogens with zero attached hydrogens (tertiary/aromatic N) is 2. The molecule has 2 aromatic heterocycles. The number of nitrogen functional groups attached to an aromatic ring is 2. The number of anilines is 5. The largest absolute Gasteiger partial charge is 0.435 e. The molecule has 32 heavy (non-hydrogen) atoms. The molecule has 0 radical (unpaired) electrons. The summed E-state index contributed by atoms with van der Waals surface area (Å²) >= 11 is 6.02. The molecule has 3 aromatic carbocycles. The standard InChI is InChI=1S/C25H18ClFN4O/c26-19-13-15(11-12-20(19)27)18-14-30-25(23-21(18)22(28)24(29)32-23)31(16-7-3-1-4-8-16)17-9-5-2-6-10-17/h1-14H,28-29H2. The molecule has 5 nitrogen and oxygen atoms in total. The van der Waals surface area contributed by atoms with Crippen molar-refractivity contribution in [2.75, 3.05) is 16.4 Å². The van der Waals surface area contributed by atoms with Crippen LogP contribution in [0, 0.1) is 5.82 Å². The van der Waals surface area contributed by atoms with Gasteiger partial charge in [-0.3, -0.25) is 4.90 Å². The third kappa shape index (κ3) is 3.31. The summed E-state index contributed by atoms with van der Waals surface area (Å²) in [6, 6.07) is 24.0. The highest BCUT2D eigenvalue weighted by molar-refractivity contribution is 6.31. The molecule has 158 valence electrons. The molecule has 0 spiro atoms. The normalized spacial score (nSPS) is 11.1. The maximum atomic E-state index is 13.7. The smallest absolute Gasteiger partial charge is 0.215 e. The van der Waals surface area contributed by atoms with E-state index in [0.717, 1.165) is 11.4 Å². The van der Waals surface area contributed by atoms with Gasteiger partial charge in [0, 0.05) is 23.1 Å². The number of halogens is 2. The second-order valence-electron chi connectivity index (χ2n) is 7.21. The van der Waals surface area contributed by atoms with Gasteiger partial charge in [0.05, 0.1) is 10.4 Å². The van der Waals surface area contributed by atoms with Crippen molar-refractivity contribution >= 4 is 51.3 Å². The number of hydrogen-bond donors (Lipinski definition) is 2. The van der Waals surface area contributed by atoms with Crippen LogP contribution in [0.4, 0.5) is 33.2 Å². The highest BCUT2D eigenvalue weighted by Crippen LogP contribution is 2.45. The molecule has 7 heteroatoms. The maximum absolute atomic E-state index is 13.7. The van der Waals surface area contributed by atoms with E-state index in [-0.39, 0.29) is 10.9 Å². The van der Waals surface area contributed by atoms with Crippen molar-refractivity contribution < 1.29 is 8.81 Å². The molecule has 0 bridgehead atoms. The third-order valence-electron chi connectivity index (χ3n) is 5.23. The molecule has 0 aliphatic carbocycles. The Morgan fingerprint density at radius 1 is 0.875 bits per heavy atom. The zero-order valence-electron chi connectivity index (χ0n) is 16.8. The summed E-state index contributed by atoms with van der Waals surface area (Å²) < 4.78 is 19.7. The van der Waals surface area contributed by atoms with Crippen LogP contribution in [-0.2, 0) is 0 Å². The van der Waals surface area contributed by atoms with Gasteiger partial charge in [-0.2, -0.15) is 0 Å². The third-order valence-corrected chi connectivity index (χ3v) is 5.52. The minimum Gasteiger partial charge on any atom is -0.435 e. The lowest BCUT2D eigenvalue weighted by atomic mass is 10.0. The lowest BCUT2D eigenvalue weighted by molar-refractivity contribution is 0.628. The van der Waals surface area contributed by atoms with Gasteiger partial charge >= 0.3 is 0 Å². The van der Waals surface area contributed by atoms with Gasteiger partial charge in [0.25, 0.3) is 0 Å². The topological polar surface area (TPSA) is 81.3 Å². The molecule has 2 heterocycles. The van der Waals surface area contributed by atoms with Crippen LogP contribution in [0.3, 0.4) is 0 Å². The molecule has 4 N–H and O–H groups in total. The first kappa shape index (κ1) is 19.9. The first-order valence-electron chi connectivity index (χ1n) is 9.86. The fraction of sp³-hybridized carbons (Fsp3) is 0. The molecule has 0 fully saturated rings. The van der Waals surface area contributed by atoms with E-state index in [1.54, 1.807) is 12.3 Å². The highest BCUT2D eigenvalue weighted by atomic mass is 35.5. The number of hydrogen-bond acceptors (Lipinski definition) is 5. The minimum atomic E-state index is -0.504. The van der Waals surface area contributed by atoms with E-state index in [0.29, 0.717) is 33.6 Å². The van der Waals surface area contributed by atoms with Crippen LogP contribution in [0.15, 0.2) is 89.5 Å². The number of benzene rings is 3. The zero-order chi connectivity index (χ0) is 22.2. The Hall–Kier alpha value is -4.03. The molecular weight excluding hydrogens is 427 g/mol. The molecule has 0 saturated heterocycles. The van der Waals surface area contributed by atoms with Gasteiger partial charge in [-0.1, -0.05) is 54.1 Å². The Balaban J connectivity index is 1.79. The molecule has 0 unspecified atom stereocenters. The van der Waals surface area contributed by atoms with Gasteiger partial charge in [-0.05, 0) is 42.0 Å². The SMILES string of the molecule is Nc1oc2c(N(c3ccccc3)c3ccccc3)ncc(-c3ccc(F)c(Cl)c3)c2c1N. The summed E-state index contributed by atoms with van der Waals surface area (Å²) in [5, 5.41) is 0.594. The summed E-state index contributed by atoms with van der Waals surface area (Å²) in [6.45, 7) is 0. The van der Waals surface area contributed by atoms with Crippen molar-refractivity contribution in [3.8, 4) is 11.1 Å². The van der Waals surface area contributed by atoms with Crippen molar-refractivity contribution in [2.24, 2.45) is 0 Å². The summed E-state index contributed by atoms with van der Waals surface area (Å²) in [5.41, 5.74) is 16.2. The second kappa shape index (κ2) is 7.90. The minimum absolute atomic E-state index is 0.00459. The van der Waals surface area contributed by atoms with Crippen LogP contribution >= 0.6 is 11.6 Å². The summed E-state index contributed by atoms with van der Waals surface area (Å²) in [6.07, 6.45) is 1.67. The van der Waals surface area contributed by atoms with Crippen LogP contribution in [0.2, 0.25) is 5.02 Å². The highest BCUT2D eigenvalue weighted by Gasteiger charge is 2.24. The van der Waals surface area contributed by atoms with E-state index in [4.69, 9.17) is 32.5 Å². The quantitative estimate of drug-likeness (QED) is 0.314. The molecule has 5 rings (SSSR count). The maximum Gasteiger partial charge on any atom is 0.215 e. The lowest BCUT2D eigenvalue weighted by Crippen LogP contribution is -2.11. The van der Waals surface area contributed by atoms with Gasteiger partial charge in [-0.15, -0.1) is 0 Å². The number of pyridine rings is 1. The van der Waals surface area contributed by atoms with E-state index in [1.165, 1.54) is 12.1 Å². The number of aromatic nitrogens is 1. The van der Waals surface area contributed by atoms with E-state index < -0.39 is 5.82 Å². The van der Waals surface area contributed by atoms with Crippen molar-refractivity contribution in [3.05, 3.63) is 95.9 Å².